The predicted molar refractivity (Wildman–Crippen MR) is 51.4 cm³/mol. The van der Waals surface area contributed by atoms with Crippen molar-refractivity contribution in [3.63, 3.8) is 0 Å². The number of nitriles is 1. The summed E-state index contributed by atoms with van der Waals surface area (Å²) in [5.41, 5.74) is 2.03. The van der Waals surface area contributed by atoms with E-state index in [9.17, 15) is 0 Å². The molecule has 1 unspecified atom stereocenters. The quantitative estimate of drug-likeness (QED) is 0.699. The third-order valence-electron chi connectivity index (χ3n) is 2.58. The van der Waals surface area contributed by atoms with Gasteiger partial charge in [0, 0.05) is 6.54 Å². The molecule has 0 amide bonds. The van der Waals surface area contributed by atoms with E-state index in [0.29, 0.717) is 5.92 Å². The van der Waals surface area contributed by atoms with E-state index in [2.05, 4.69) is 17.5 Å². The highest BCUT2D eigenvalue weighted by molar-refractivity contribution is 5.40. The molecule has 1 aromatic rings. The van der Waals surface area contributed by atoms with Gasteiger partial charge in [-0.2, -0.15) is 5.26 Å². The van der Waals surface area contributed by atoms with Gasteiger partial charge in [-0.25, -0.2) is 0 Å². The van der Waals surface area contributed by atoms with Crippen LogP contribution in [-0.2, 0) is 0 Å². The molecule has 2 rings (SSSR count). The van der Waals surface area contributed by atoms with Crippen molar-refractivity contribution in [2.45, 2.75) is 12.3 Å². The van der Waals surface area contributed by atoms with Crippen LogP contribution < -0.4 is 5.32 Å². The van der Waals surface area contributed by atoms with Crippen molar-refractivity contribution >= 4 is 0 Å². The number of benzene rings is 1. The summed E-state index contributed by atoms with van der Waals surface area (Å²) in [6.07, 6.45) is 1.15. The number of hydrogen-bond donors (Lipinski definition) is 1. The van der Waals surface area contributed by atoms with Crippen LogP contribution in [0.3, 0.4) is 0 Å². The molecule has 2 nitrogen and oxygen atoms in total. The summed E-state index contributed by atoms with van der Waals surface area (Å²) in [6, 6.07) is 10.1. The first-order chi connectivity index (χ1) is 6.42. The van der Waals surface area contributed by atoms with Gasteiger partial charge < -0.3 is 5.32 Å². The Balaban J connectivity index is 2.33. The fourth-order valence-electron chi connectivity index (χ4n) is 1.87. The van der Waals surface area contributed by atoms with E-state index in [1.807, 2.05) is 18.2 Å². The first-order valence-corrected chi connectivity index (χ1v) is 4.61. The molecule has 0 aromatic heterocycles. The Labute approximate surface area is 78.2 Å². The van der Waals surface area contributed by atoms with Gasteiger partial charge in [0.2, 0.25) is 0 Å². The molecule has 2 heteroatoms. The molecule has 1 N–H and O–H groups in total. The van der Waals surface area contributed by atoms with Crippen molar-refractivity contribution in [1.82, 2.24) is 5.32 Å². The minimum atomic E-state index is 0.538. The van der Waals surface area contributed by atoms with E-state index in [0.717, 1.165) is 25.1 Å². The lowest BCUT2D eigenvalue weighted by molar-refractivity contribution is 0.761. The van der Waals surface area contributed by atoms with Gasteiger partial charge >= 0.3 is 0 Å². The van der Waals surface area contributed by atoms with Crippen molar-refractivity contribution in [1.29, 1.82) is 5.26 Å². The highest BCUT2D eigenvalue weighted by Crippen LogP contribution is 2.24. The van der Waals surface area contributed by atoms with Crippen molar-refractivity contribution < 1.29 is 0 Å². The number of nitrogens with zero attached hydrogens (tertiary/aromatic N) is 1. The van der Waals surface area contributed by atoms with Gasteiger partial charge in [0.05, 0.1) is 11.6 Å². The Kier molecular flexibility index (Phi) is 2.29. The lowest BCUT2D eigenvalue weighted by Gasteiger charge is -2.09. The number of hydrogen-bond acceptors (Lipinski definition) is 2. The average molecular weight is 172 g/mol. The van der Waals surface area contributed by atoms with Gasteiger partial charge in [0.15, 0.2) is 0 Å². The van der Waals surface area contributed by atoms with E-state index >= 15 is 0 Å². The Bertz CT molecular complexity index is 332. The fourth-order valence-corrected chi connectivity index (χ4v) is 1.87. The van der Waals surface area contributed by atoms with E-state index in [-0.39, 0.29) is 0 Å². The molecule has 1 aromatic carbocycles. The topological polar surface area (TPSA) is 35.8 Å². The summed E-state index contributed by atoms with van der Waals surface area (Å²) < 4.78 is 0. The Hall–Kier alpha value is -1.33. The standard InChI is InChI=1S/C11H12N2/c12-7-9-3-1-2-4-11(9)10-5-6-13-8-10/h1-4,10,13H,5-6,8H2. The maximum Gasteiger partial charge on any atom is 0.0994 e. The van der Waals surface area contributed by atoms with Gasteiger partial charge in [-0.3, -0.25) is 0 Å². The van der Waals surface area contributed by atoms with Crippen LogP contribution in [0.5, 0.6) is 0 Å². The van der Waals surface area contributed by atoms with Crippen LogP contribution in [0.4, 0.5) is 0 Å². The lowest BCUT2D eigenvalue weighted by atomic mass is 9.94. The first kappa shape index (κ1) is 8.28. The van der Waals surface area contributed by atoms with E-state index in [4.69, 9.17) is 5.26 Å². The van der Waals surface area contributed by atoms with E-state index < -0.39 is 0 Å². The second-order valence-electron chi connectivity index (χ2n) is 3.39. The average Bonchev–Trinajstić information content (AvgIpc) is 2.70. The molecular formula is C11H12N2. The number of rotatable bonds is 1. The normalized spacial score (nSPS) is 21.3. The molecule has 66 valence electrons. The van der Waals surface area contributed by atoms with Crippen molar-refractivity contribution in [2.24, 2.45) is 0 Å². The zero-order valence-corrected chi connectivity index (χ0v) is 7.46. The molecule has 13 heavy (non-hydrogen) atoms. The zero-order chi connectivity index (χ0) is 9.10. The summed E-state index contributed by atoms with van der Waals surface area (Å²) in [7, 11) is 0. The smallest absolute Gasteiger partial charge is 0.0994 e. The molecule has 1 saturated heterocycles. The summed E-state index contributed by atoms with van der Waals surface area (Å²) in [5, 5.41) is 12.2. The van der Waals surface area contributed by atoms with E-state index in [1.165, 1.54) is 5.56 Å². The summed E-state index contributed by atoms with van der Waals surface area (Å²) in [6.45, 7) is 2.09. The molecule has 1 aliphatic heterocycles. The molecule has 1 aliphatic rings. The van der Waals surface area contributed by atoms with Gasteiger partial charge in [0.1, 0.15) is 0 Å². The number of nitrogens with one attached hydrogen (secondary N) is 1. The van der Waals surface area contributed by atoms with Crippen molar-refractivity contribution in [3.05, 3.63) is 35.4 Å². The van der Waals surface area contributed by atoms with Gasteiger partial charge in [-0.05, 0) is 30.5 Å². The van der Waals surface area contributed by atoms with Crippen LogP contribution in [0.2, 0.25) is 0 Å². The van der Waals surface area contributed by atoms with Gasteiger partial charge in [-0.1, -0.05) is 18.2 Å². The minimum absolute atomic E-state index is 0.538. The highest BCUT2D eigenvalue weighted by Gasteiger charge is 2.18. The van der Waals surface area contributed by atoms with Crippen molar-refractivity contribution in [2.75, 3.05) is 13.1 Å². The molecule has 0 aliphatic carbocycles. The van der Waals surface area contributed by atoms with Gasteiger partial charge in [-0.15, -0.1) is 0 Å². The van der Waals surface area contributed by atoms with Crippen LogP contribution in [0.15, 0.2) is 24.3 Å². The molecule has 0 saturated carbocycles. The van der Waals surface area contributed by atoms with Crippen LogP contribution in [0.1, 0.15) is 23.5 Å². The summed E-state index contributed by atoms with van der Waals surface area (Å²) in [4.78, 5) is 0. The Morgan fingerprint density at radius 1 is 1.38 bits per heavy atom. The van der Waals surface area contributed by atoms with Crippen LogP contribution in [0, 0.1) is 11.3 Å². The van der Waals surface area contributed by atoms with Crippen LogP contribution in [0.25, 0.3) is 0 Å². The van der Waals surface area contributed by atoms with Crippen LogP contribution in [-0.4, -0.2) is 13.1 Å². The first-order valence-electron chi connectivity index (χ1n) is 4.61. The maximum absolute atomic E-state index is 8.91. The third-order valence-corrected chi connectivity index (χ3v) is 2.58. The molecular weight excluding hydrogens is 160 g/mol. The monoisotopic (exact) mass is 172 g/mol. The minimum Gasteiger partial charge on any atom is -0.316 e. The molecule has 1 fully saturated rings. The Morgan fingerprint density at radius 2 is 2.23 bits per heavy atom. The molecule has 0 bridgehead atoms. The second kappa shape index (κ2) is 3.59. The molecule has 0 radical (unpaired) electrons. The maximum atomic E-state index is 8.91. The predicted octanol–water partition coefficient (Wildman–Crippen LogP) is 1.64. The summed E-state index contributed by atoms with van der Waals surface area (Å²) in [5.74, 6) is 0.538. The van der Waals surface area contributed by atoms with Crippen LogP contribution >= 0.6 is 0 Å². The molecule has 0 spiro atoms. The Morgan fingerprint density at radius 3 is 2.92 bits per heavy atom. The third kappa shape index (κ3) is 1.56. The molecule has 1 heterocycles. The summed E-state index contributed by atoms with van der Waals surface area (Å²) >= 11 is 0. The zero-order valence-electron chi connectivity index (χ0n) is 7.46. The van der Waals surface area contributed by atoms with Crippen molar-refractivity contribution in [3.8, 4) is 6.07 Å². The SMILES string of the molecule is N#Cc1ccccc1C1CCNC1. The largest absolute Gasteiger partial charge is 0.316 e. The highest BCUT2D eigenvalue weighted by atomic mass is 14.9. The fraction of sp³-hybridized carbons (Fsp3) is 0.364. The van der Waals surface area contributed by atoms with Gasteiger partial charge in [0.25, 0.3) is 0 Å². The second-order valence-corrected chi connectivity index (χ2v) is 3.39. The van der Waals surface area contributed by atoms with E-state index in [1.54, 1.807) is 0 Å². The lowest BCUT2D eigenvalue weighted by Crippen LogP contribution is -2.08. The molecule has 1 atom stereocenters.